The van der Waals surface area contributed by atoms with Crippen molar-refractivity contribution in [3.63, 3.8) is 0 Å². The molecular formula is C58H61ClN16O2S2. The summed E-state index contributed by atoms with van der Waals surface area (Å²) in [6.07, 6.45) is 13.8. The SMILES string of the molecule is Cc1ccc(C(=S)c2nn(C3CCCC3)c3nc(C)nc(N)c23)cc1.Cc1cccc(Oc2nn(C3CCCC3)c3nc(Cl)nc(N)c23)c1.Nc1nc(N)c2c(Sc3ccccc3Oc3ccccc3)nn(C3CCCC3)c2n1. The van der Waals surface area contributed by atoms with E-state index in [0.717, 1.165) is 93.2 Å². The topological polar surface area (TPSA) is 253 Å². The number of nitrogen functional groups attached to an aromatic ring is 4. The molecule has 0 spiro atoms. The second-order valence-corrected chi connectivity index (χ2v) is 22.1. The molecule has 13 rings (SSSR count). The zero-order valence-electron chi connectivity index (χ0n) is 44.2. The molecule has 3 fully saturated rings. The molecule has 4 aromatic carbocycles. The molecule has 10 aromatic rings. The number of thiocarbonyl (C=S) groups is 1. The molecule has 3 aliphatic carbocycles. The predicted octanol–water partition coefficient (Wildman–Crippen LogP) is 13.2. The monoisotopic (exact) mass is 1110 g/mol. The number of rotatable bonds is 11. The molecule has 6 heterocycles. The molecule has 0 unspecified atom stereocenters. The first-order chi connectivity index (χ1) is 38.3. The maximum atomic E-state index is 6.26. The average molecular weight is 1110 g/mol. The molecule has 0 atom stereocenters. The van der Waals surface area contributed by atoms with E-state index in [4.69, 9.17) is 66.4 Å². The van der Waals surface area contributed by atoms with E-state index >= 15 is 0 Å². The highest BCUT2D eigenvalue weighted by Gasteiger charge is 2.29. The molecule has 6 aromatic heterocycles. The van der Waals surface area contributed by atoms with Crippen molar-refractivity contribution in [1.29, 1.82) is 0 Å². The lowest BCUT2D eigenvalue weighted by Crippen LogP contribution is -2.09. The number of benzene rings is 4. The molecule has 0 amide bonds. The Bertz CT molecular complexity index is 3830. The largest absolute Gasteiger partial charge is 0.456 e. The first kappa shape index (κ1) is 53.1. The number of ether oxygens (including phenoxy) is 2. The Morgan fingerprint density at radius 3 is 1.78 bits per heavy atom. The van der Waals surface area contributed by atoms with Gasteiger partial charge in [-0.3, -0.25) is 0 Å². The fraction of sp³-hybridized carbons (Fsp3) is 0.310. The lowest BCUT2D eigenvalue weighted by atomic mass is 10.1. The van der Waals surface area contributed by atoms with Crippen molar-refractivity contribution in [2.24, 2.45) is 0 Å². The first-order valence-electron chi connectivity index (χ1n) is 26.8. The third kappa shape index (κ3) is 11.5. The Morgan fingerprint density at radius 1 is 0.544 bits per heavy atom. The fourth-order valence-corrected chi connectivity index (χ4v) is 12.2. The maximum absolute atomic E-state index is 6.26. The van der Waals surface area contributed by atoms with Crippen LogP contribution in [0.2, 0.25) is 5.28 Å². The van der Waals surface area contributed by atoms with Crippen molar-refractivity contribution >= 4 is 96.9 Å². The van der Waals surface area contributed by atoms with Crippen molar-refractivity contribution in [3.05, 3.63) is 137 Å². The predicted molar refractivity (Wildman–Crippen MR) is 316 cm³/mol. The van der Waals surface area contributed by atoms with Gasteiger partial charge in [-0.2, -0.15) is 25.1 Å². The molecule has 3 saturated carbocycles. The molecule has 8 N–H and O–H groups in total. The summed E-state index contributed by atoms with van der Waals surface area (Å²) < 4.78 is 18.0. The number of halogens is 1. The molecule has 0 aliphatic heterocycles. The number of nitrogens with two attached hydrogens (primary N) is 4. The summed E-state index contributed by atoms with van der Waals surface area (Å²) in [5.41, 5.74) is 30.6. The van der Waals surface area contributed by atoms with Crippen molar-refractivity contribution in [3.8, 4) is 23.1 Å². The number of aromatic nitrogens is 12. The van der Waals surface area contributed by atoms with Gasteiger partial charge in [-0.05, 0) is 118 Å². The molecule has 0 saturated heterocycles. The highest BCUT2D eigenvalue weighted by atomic mass is 35.5. The molecule has 18 nitrogen and oxygen atoms in total. The number of para-hydroxylation sites is 2. The standard InChI is InChI=1S/C22H22N6OS.C19H21N5S.C17H18ClN5O/c23-19-18-20(26-22(24)25-19)28(14-8-4-5-9-14)27-21(18)30-17-13-7-6-12-16(17)29-15-10-2-1-3-11-15;1-11-7-9-13(10-8-11)17(25)16-15-18(20)21-12(2)22-19(15)24(23-16)14-5-3-4-6-14;1-10-5-4-8-12(9-10)24-16-13-14(19)20-17(18)21-15(13)23(22-16)11-6-2-3-7-11/h1-3,6-7,10-14H,4-5,8-9H2,(H4,23,24,25,26);7-10,14H,3-6H2,1-2H3,(H2,20,21,22);4-5,8-9,11H,2-3,6-7H2,1H3,(H2,19,20,21). The summed E-state index contributed by atoms with van der Waals surface area (Å²) in [6.45, 7) is 5.94. The zero-order valence-corrected chi connectivity index (χ0v) is 46.6. The second-order valence-electron chi connectivity index (χ2n) is 20.3. The van der Waals surface area contributed by atoms with Gasteiger partial charge in [0, 0.05) is 0 Å². The second kappa shape index (κ2) is 23.2. The van der Waals surface area contributed by atoms with Gasteiger partial charge in [-0.15, -0.1) is 5.10 Å². The summed E-state index contributed by atoms with van der Waals surface area (Å²) in [7, 11) is 0. The zero-order chi connectivity index (χ0) is 54.7. The summed E-state index contributed by atoms with van der Waals surface area (Å²) in [5.74, 6) is 4.60. The van der Waals surface area contributed by atoms with Gasteiger partial charge in [0.2, 0.25) is 11.2 Å². The van der Waals surface area contributed by atoms with Crippen LogP contribution < -0.4 is 32.4 Å². The summed E-state index contributed by atoms with van der Waals surface area (Å²) in [5, 5.41) is 17.5. The molecular weight excluding hydrogens is 1050 g/mol. The van der Waals surface area contributed by atoms with E-state index in [0.29, 0.717) is 68.8 Å². The first-order valence-corrected chi connectivity index (χ1v) is 28.4. The van der Waals surface area contributed by atoms with Crippen LogP contribution in [0.1, 0.15) is 123 Å². The van der Waals surface area contributed by atoms with E-state index in [-0.39, 0.29) is 17.0 Å². The third-order valence-electron chi connectivity index (χ3n) is 14.5. The molecule has 3 aliphatic rings. The van der Waals surface area contributed by atoms with Crippen LogP contribution in [0.5, 0.6) is 23.1 Å². The lowest BCUT2D eigenvalue weighted by molar-refractivity contribution is 0.422. The minimum absolute atomic E-state index is 0.126. The van der Waals surface area contributed by atoms with Gasteiger partial charge in [0.25, 0.3) is 5.88 Å². The van der Waals surface area contributed by atoms with Gasteiger partial charge >= 0.3 is 0 Å². The molecule has 0 radical (unpaired) electrons. The Labute approximate surface area is 471 Å². The normalized spacial score (nSPS) is 14.9. The van der Waals surface area contributed by atoms with Crippen LogP contribution >= 0.6 is 35.6 Å². The van der Waals surface area contributed by atoms with E-state index < -0.39 is 0 Å². The van der Waals surface area contributed by atoms with Gasteiger partial charge < -0.3 is 32.4 Å². The minimum Gasteiger partial charge on any atom is -0.456 e. The van der Waals surface area contributed by atoms with Gasteiger partial charge in [-0.25, -0.2) is 29.0 Å². The minimum atomic E-state index is 0.126. The summed E-state index contributed by atoms with van der Waals surface area (Å²) in [4.78, 5) is 27.7. The molecule has 79 heavy (non-hydrogen) atoms. The van der Waals surface area contributed by atoms with Crippen molar-refractivity contribution in [2.45, 2.75) is 126 Å². The van der Waals surface area contributed by atoms with Crippen molar-refractivity contribution in [2.75, 3.05) is 22.9 Å². The summed E-state index contributed by atoms with van der Waals surface area (Å²) in [6, 6.07) is 34.6. The van der Waals surface area contributed by atoms with Crippen LogP contribution in [-0.4, -0.2) is 64.1 Å². The van der Waals surface area contributed by atoms with E-state index in [1.807, 2.05) is 119 Å². The van der Waals surface area contributed by atoms with Gasteiger partial charge in [-0.1, -0.05) is 135 Å². The smallest absolute Gasteiger partial charge is 0.251 e. The number of fused-ring (bicyclic) bond motifs is 3. The van der Waals surface area contributed by atoms with Crippen molar-refractivity contribution < 1.29 is 9.47 Å². The van der Waals surface area contributed by atoms with E-state index in [1.165, 1.54) is 55.9 Å². The van der Waals surface area contributed by atoms with Crippen LogP contribution in [0.3, 0.4) is 0 Å². The lowest BCUT2D eigenvalue weighted by Gasteiger charge is -2.10. The van der Waals surface area contributed by atoms with E-state index in [2.05, 4.69) is 54.1 Å². The van der Waals surface area contributed by atoms with Crippen LogP contribution in [0, 0.1) is 20.8 Å². The Morgan fingerprint density at radius 2 is 1.11 bits per heavy atom. The maximum Gasteiger partial charge on any atom is 0.251 e. The van der Waals surface area contributed by atoms with Gasteiger partial charge in [0.1, 0.15) is 56.6 Å². The number of nitrogens with zero attached hydrogens (tertiary/aromatic N) is 12. The summed E-state index contributed by atoms with van der Waals surface area (Å²) >= 11 is 13.3. The highest BCUT2D eigenvalue weighted by molar-refractivity contribution is 7.99. The molecule has 404 valence electrons. The van der Waals surface area contributed by atoms with Crippen LogP contribution in [-0.2, 0) is 0 Å². The van der Waals surface area contributed by atoms with Crippen LogP contribution in [0.25, 0.3) is 33.1 Å². The van der Waals surface area contributed by atoms with Crippen LogP contribution in [0.15, 0.2) is 113 Å². The van der Waals surface area contributed by atoms with Crippen molar-refractivity contribution in [1.82, 2.24) is 59.2 Å². The number of hydrogen-bond donors (Lipinski definition) is 4. The quantitative estimate of drug-likeness (QED) is 0.0533. The highest BCUT2D eigenvalue weighted by Crippen LogP contribution is 2.43. The number of aryl methyl sites for hydroxylation is 3. The Kier molecular flexibility index (Phi) is 15.6. The Hall–Kier alpha value is -7.94. The van der Waals surface area contributed by atoms with E-state index in [1.54, 1.807) is 0 Å². The number of hydrogen-bond acceptors (Lipinski definition) is 17. The average Bonchev–Trinajstić information content (AvgIpc) is 4.50. The van der Waals surface area contributed by atoms with Gasteiger partial charge in [0.05, 0.1) is 38.7 Å². The van der Waals surface area contributed by atoms with Crippen LogP contribution in [0.4, 0.5) is 23.4 Å². The Balaban J connectivity index is 0.000000126. The van der Waals surface area contributed by atoms with Gasteiger partial charge in [0.15, 0.2) is 16.9 Å². The molecule has 0 bridgehead atoms. The number of anilines is 4. The fourth-order valence-electron chi connectivity index (χ4n) is 10.7. The van der Waals surface area contributed by atoms with E-state index in [9.17, 15) is 0 Å². The molecule has 21 heteroatoms. The third-order valence-corrected chi connectivity index (χ3v) is 16.2.